The van der Waals surface area contributed by atoms with E-state index in [-0.39, 0.29) is 0 Å². The van der Waals surface area contributed by atoms with Crippen LogP contribution < -0.4 is 0 Å². The summed E-state index contributed by atoms with van der Waals surface area (Å²) in [5.41, 5.74) is 1.23. The van der Waals surface area contributed by atoms with E-state index in [0.29, 0.717) is 0 Å². The molecule has 2 heteroatoms. The SMILES string of the molecule is CCCCPC(C)[C]12[CH]3[CH]4[CH]5[CH]1[Fe]45321678[CH]2[CH]1[CH]6[CH]7[CH]28. The van der Waals surface area contributed by atoms with Crippen LogP contribution in [0.2, 0.25) is 47.7 Å². The molecule has 6 atom stereocenters. The van der Waals surface area contributed by atoms with Crippen molar-refractivity contribution >= 4 is 8.58 Å². The summed E-state index contributed by atoms with van der Waals surface area (Å²) in [5, 5.41) is 0. The Balaban J connectivity index is 1.32. The van der Waals surface area contributed by atoms with Crippen molar-refractivity contribution in [3.05, 3.63) is 0 Å². The first-order valence-corrected chi connectivity index (χ1v) is 16.0. The van der Waals surface area contributed by atoms with Crippen molar-refractivity contribution in [3.8, 4) is 0 Å². The van der Waals surface area contributed by atoms with Crippen LogP contribution in [0, 0.1) is 0 Å². The molecule has 10 saturated heterocycles. The van der Waals surface area contributed by atoms with Gasteiger partial charge < -0.3 is 0 Å². The molecule has 0 amide bonds. The molecule has 0 aromatic heterocycles. The average Bonchev–Trinajstić information content (AvgIpc) is 3.31. The predicted molar refractivity (Wildman–Crippen MR) is 74.0 cm³/mol. The molecule has 0 aliphatic carbocycles. The Morgan fingerprint density at radius 2 is 1.56 bits per heavy atom. The molecule has 10 heterocycles. The normalized spacial score (nSPS) is 116. The van der Waals surface area contributed by atoms with Crippen molar-refractivity contribution in [3.63, 3.8) is 0 Å². The third-order valence-electron chi connectivity index (χ3n) is 16.4. The Kier molecular flexibility index (Phi) is 0.303. The van der Waals surface area contributed by atoms with E-state index in [1.807, 2.05) is 0 Å². The van der Waals surface area contributed by atoms with E-state index in [9.17, 15) is 0 Å². The Bertz CT molecular complexity index is 865. The number of hydrogen-bond acceptors (Lipinski definition) is 0. The van der Waals surface area contributed by atoms with Crippen LogP contribution >= 0.6 is 8.58 Å². The fourth-order valence-electron chi connectivity index (χ4n) is 18.2. The van der Waals surface area contributed by atoms with Gasteiger partial charge in [-0.2, -0.15) is 0 Å². The fourth-order valence-corrected chi connectivity index (χ4v) is 98.3. The van der Waals surface area contributed by atoms with Gasteiger partial charge in [-0.05, 0) is 0 Å². The summed E-state index contributed by atoms with van der Waals surface area (Å²) >= 11 is 0. The molecule has 10 fully saturated rings. The molecule has 0 radical (unpaired) electrons. The summed E-state index contributed by atoms with van der Waals surface area (Å²) in [5.74, 6) is 0. The van der Waals surface area contributed by atoms with Crippen LogP contribution in [-0.2, 0) is 6.51 Å². The van der Waals surface area contributed by atoms with E-state index < -0.39 is 6.51 Å². The van der Waals surface area contributed by atoms with Gasteiger partial charge >= 0.3 is 101 Å². The zero-order valence-electron chi connectivity index (χ0n) is 11.2. The van der Waals surface area contributed by atoms with Gasteiger partial charge in [-0.1, -0.05) is 0 Å². The first-order chi connectivity index (χ1) is 8.53. The second kappa shape index (κ2) is 0.698. The van der Waals surface area contributed by atoms with E-state index >= 15 is 0 Å². The maximum atomic E-state index is 2.76. The van der Waals surface area contributed by atoms with Crippen molar-refractivity contribution in [1.82, 2.24) is 0 Å². The van der Waals surface area contributed by atoms with Crippen LogP contribution in [0.1, 0.15) is 26.7 Å². The average molecular weight is 302 g/mol. The Labute approximate surface area is 101 Å². The number of fused-ring (bicyclic) bond motifs is 10. The van der Waals surface area contributed by atoms with Gasteiger partial charge in [0.25, 0.3) is 0 Å². The Hall–Kier alpha value is 0.949. The van der Waals surface area contributed by atoms with Gasteiger partial charge in [0.05, 0.1) is 0 Å². The zero-order chi connectivity index (χ0) is 11.4. The van der Waals surface area contributed by atoms with Crippen molar-refractivity contribution < 1.29 is 6.51 Å². The van der Waals surface area contributed by atoms with Gasteiger partial charge in [0, 0.05) is 0 Å². The van der Waals surface area contributed by atoms with Crippen LogP contribution in [-0.4, -0.2) is 11.8 Å². The molecule has 10 aliphatic rings. The van der Waals surface area contributed by atoms with Gasteiger partial charge in [0.1, 0.15) is 0 Å². The molecule has 1 spiro atoms. The van der Waals surface area contributed by atoms with Crippen molar-refractivity contribution in [2.45, 2.75) is 80.0 Å². The molecular formula is C16H23FeP. The van der Waals surface area contributed by atoms with Gasteiger partial charge in [-0.3, -0.25) is 0 Å². The van der Waals surface area contributed by atoms with E-state index in [0.717, 1.165) is 0 Å². The standard InChI is InChI=1S/C11H18P.C5H5.Fe/c1-3-4-9-12-10(2)11-7-5-6-8-11;1-2-4-5-3-1;/h5-8,10,12H,3-4,9H2,1-2H3;1-5H;. The molecule has 0 bridgehead atoms. The summed E-state index contributed by atoms with van der Waals surface area (Å²) in [7, 11) is 1.37. The third kappa shape index (κ3) is 0.0852. The number of rotatable bonds is 5. The first kappa shape index (κ1) is 7.82. The van der Waals surface area contributed by atoms with E-state index in [2.05, 4.69) is 13.8 Å². The first-order valence-electron chi connectivity index (χ1n) is 8.47. The summed E-state index contributed by atoms with van der Waals surface area (Å²) in [4.78, 5) is 14.0. The van der Waals surface area contributed by atoms with Crippen LogP contribution in [0.3, 0.4) is 0 Å². The molecular weight excluding hydrogens is 279 g/mol. The molecule has 0 aromatic rings. The molecule has 10 aliphatic heterocycles. The molecule has 0 N–H and O–H groups in total. The Morgan fingerprint density at radius 3 is 1.89 bits per heavy atom. The van der Waals surface area contributed by atoms with Gasteiger partial charge in [0.15, 0.2) is 0 Å². The van der Waals surface area contributed by atoms with Crippen LogP contribution in [0.25, 0.3) is 0 Å². The minimum atomic E-state index is -2.68. The van der Waals surface area contributed by atoms with Crippen LogP contribution in [0.5, 0.6) is 0 Å². The summed E-state index contributed by atoms with van der Waals surface area (Å²) in [6.07, 6.45) is 4.55. The minimum absolute atomic E-state index is 1.21. The van der Waals surface area contributed by atoms with Gasteiger partial charge in [0.2, 0.25) is 0 Å². The third-order valence-corrected chi connectivity index (χ3v) is 61.2. The zero-order valence-corrected chi connectivity index (χ0v) is 13.4. The van der Waals surface area contributed by atoms with E-state index in [1.54, 1.807) is 49.5 Å². The van der Waals surface area contributed by atoms with E-state index in [1.165, 1.54) is 31.4 Å². The molecule has 0 saturated carbocycles. The molecule has 0 aromatic carbocycles. The maximum absolute atomic E-state index is 2.76. The van der Waals surface area contributed by atoms with Gasteiger partial charge in [-0.25, -0.2) is 0 Å². The van der Waals surface area contributed by atoms with Crippen molar-refractivity contribution in [2.75, 3.05) is 6.16 Å². The molecule has 6 unspecified atom stereocenters. The summed E-state index contributed by atoms with van der Waals surface area (Å²) < 4.78 is 1.21. The molecule has 10 rings (SSSR count). The molecule has 100 valence electrons. The Morgan fingerprint density at radius 1 is 1.00 bits per heavy atom. The number of hydrogen-bond donors (Lipinski definition) is 0. The van der Waals surface area contributed by atoms with Crippen LogP contribution in [0.15, 0.2) is 0 Å². The second-order valence-corrected chi connectivity index (χ2v) is 37.1. The topological polar surface area (TPSA) is 0 Å². The fraction of sp³-hybridized carbons (Fsp3) is 1.00. The quantitative estimate of drug-likeness (QED) is 0.351. The summed E-state index contributed by atoms with van der Waals surface area (Å²) in [6.45, 7) is 2.45. The molecule has 0 nitrogen and oxygen atoms in total. The second-order valence-electron chi connectivity index (χ2n) is 11.8. The summed E-state index contributed by atoms with van der Waals surface area (Å²) in [6, 6.07) is 0. The van der Waals surface area contributed by atoms with Crippen molar-refractivity contribution in [1.29, 1.82) is 0 Å². The van der Waals surface area contributed by atoms with Crippen molar-refractivity contribution in [2.24, 2.45) is 0 Å². The van der Waals surface area contributed by atoms with E-state index in [4.69, 9.17) is 0 Å². The predicted octanol–water partition coefficient (Wildman–Crippen LogP) is 5.61. The monoisotopic (exact) mass is 302 g/mol. The number of unbranched alkanes of at least 4 members (excludes halogenated alkanes) is 1. The molecule has 18 heavy (non-hydrogen) atoms. The van der Waals surface area contributed by atoms with Crippen LogP contribution in [0.4, 0.5) is 0 Å². The van der Waals surface area contributed by atoms with Gasteiger partial charge in [-0.15, -0.1) is 0 Å².